The minimum atomic E-state index is -0.502. The van der Waals surface area contributed by atoms with Gasteiger partial charge >= 0.3 is 0 Å². The van der Waals surface area contributed by atoms with E-state index in [4.69, 9.17) is 16.3 Å². The molecule has 0 aromatic heterocycles. The maximum atomic E-state index is 13.1. The van der Waals surface area contributed by atoms with Gasteiger partial charge in [-0.15, -0.1) is 0 Å². The van der Waals surface area contributed by atoms with Gasteiger partial charge in [-0.1, -0.05) is 71.9 Å². The van der Waals surface area contributed by atoms with Crippen LogP contribution in [0.4, 0.5) is 5.69 Å². The van der Waals surface area contributed by atoms with Crippen molar-refractivity contribution >= 4 is 40.7 Å². The van der Waals surface area contributed by atoms with Gasteiger partial charge < -0.3 is 15.4 Å². The number of amides is 1. The van der Waals surface area contributed by atoms with Crippen molar-refractivity contribution in [3.05, 3.63) is 116 Å². The number of hydrogen-bond acceptors (Lipinski definition) is 6. The van der Waals surface area contributed by atoms with Crippen LogP contribution in [0.2, 0.25) is 5.02 Å². The quantitative estimate of drug-likeness (QED) is 0.303. The van der Waals surface area contributed by atoms with E-state index in [1.54, 1.807) is 18.2 Å². The van der Waals surface area contributed by atoms with Gasteiger partial charge in [0, 0.05) is 28.4 Å². The number of nitriles is 1. The number of ketones is 1. The third-order valence-electron chi connectivity index (χ3n) is 7.01. The Labute approximate surface area is 243 Å². The van der Waals surface area contributed by atoms with E-state index in [1.165, 1.54) is 11.8 Å². The summed E-state index contributed by atoms with van der Waals surface area (Å²) in [6, 6.07) is 25.2. The Hall–Kier alpha value is -3.99. The molecule has 3 aromatic carbocycles. The summed E-state index contributed by atoms with van der Waals surface area (Å²) < 4.78 is 5.94. The second-order valence-corrected chi connectivity index (χ2v) is 11.1. The number of allylic oxidation sites excluding steroid dienone is 3. The molecule has 0 bridgehead atoms. The van der Waals surface area contributed by atoms with E-state index >= 15 is 0 Å². The molecule has 3 aromatic rings. The number of nitrogens with one attached hydrogen (secondary N) is 2. The maximum absolute atomic E-state index is 13.1. The summed E-state index contributed by atoms with van der Waals surface area (Å²) in [6.07, 6.45) is 1.92. The fourth-order valence-corrected chi connectivity index (χ4v) is 5.97. The molecular formula is C32H28ClN3O3S. The lowest BCUT2D eigenvalue weighted by molar-refractivity contribution is -0.116. The van der Waals surface area contributed by atoms with E-state index in [0.29, 0.717) is 52.1 Å². The smallest absolute Gasteiger partial charge is 0.234 e. The lowest BCUT2D eigenvalue weighted by atomic mass is 9.77. The first-order valence-electron chi connectivity index (χ1n) is 13.1. The number of anilines is 1. The highest BCUT2D eigenvalue weighted by Crippen LogP contribution is 2.44. The molecule has 0 saturated carbocycles. The van der Waals surface area contributed by atoms with E-state index in [-0.39, 0.29) is 17.4 Å². The molecule has 0 spiro atoms. The normalized spacial score (nSPS) is 16.6. The average molecular weight is 570 g/mol. The molecule has 2 N–H and O–H groups in total. The number of Topliss-reactive ketones (excluding diaryl/α,β-unsaturated/α-hetero) is 1. The van der Waals surface area contributed by atoms with Crippen LogP contribution in [0.1, 0.15) is 41.9 Å². The van der Waals surface area contributed by atoms with Gasteiger partial charge in [0.1, 0.15) is 12.4 Å². The number of carbonyl (C=O) groups excluding carboxylic acids is 2. The first-order valence-corrected chi connectivity index (χ1v) is 14.4. The molecule has 40 heavy (non-hydrogen) atoms. The van der Waals surface area contributed by atoms with Crippen molar-refractivity contribution in [1.29, 1.82) is 5.26 Å². The molecule has 1 atom stereocenters. The Kier molecular flexibility index (Phi) is 8.59. The first-order chi connectivity index (χ1) is 19.4. The second kappa shape index (κ2) is 12.5. The molecule has 0 saturated heterocycles. The standard InChI is InChI=1S/C32H28ClN3O3S/c1-20-25(33)9-5-10-26(20)35-29(38)19-40-32-24(17-34)30(31-27(36-32)11-6-12-28(31)37)22-13-15-23(16-14-22)39-18-21-7-3-2-4-8-21/h2-5,7-10,13-16,30,36H,6,11-12,18-19H2,1H3,(H,35,38)/t30-/m0/s1. The van der Waals surface area contributed by atoms with Gasteiger partial charge in [-0.2, -0.15) is 5.26 Å². The number of nitrogens with zero attached hydrogens (tertiary/aromatic N) is 1. The molecule has 1 amide bonds. The minimum absolute atomic E-state index is 0.0501. The zero-order valence-corrected chi connectivity index (χ0v) is 23.6. The number of dihydropyridines is 1. The summed E-state index contributed by atoms with van der Waals surface area (Å²) in [7, 11) is 0. The highest BCUT2D eigenvalue weighted by atomic mass is 35.5. The minimum Gasteiger partial charge on any atom is -0.489 e. The highest BCUT2D eigenvalue weighted by molar-refractivity contribution is 8.03. The van der Waals surface area contributed by atoms with E-state index in [9.17, 15) is 14.9 Å². The molecule has 1 aliphatic heterocycles. The van der Waals surface area contributed by atoms with Gasteiger partial charge in [0.05, 0.1) is 28.3 Å². The van der Waals surface area contributed by atoms with E-state index in [1.807, 2.05) is 61.5 Å². The number of thioether (sulfide) groups is 1. The van der Waals surface area contributed by atoms with Crippen LogP contribution in [-0.4, -0.2) is 17.4 Å². The van der Waals surface area contributed by atoms with Crippen molar-refractivity contribution in [2.24, 2.45) is 0 Å². The number of benzene rings is 3. The Bertz CT molecular complexity index is 1540. The fourth-order valence-electron chi connectivity index (χ4n) is 4.94. The van der Waals surface area contributed by atoms with Crippen molar-refractivity contribution in [3.63, 3.8) is 0 Å². The summed E-state index contributed by atoms with van der Waals surface area (Å²) in [5, 5.41) is 17.7. The molecule has 5 rings (SSSR count). The highest BCUT2D eigenvalue weighted by Gasteiger charge is 2.37. The summed E-state index contributed by atoms with van der Waals surface area (Å²) in [4.78, 5) is 25.9. The second-order valence-electron chi connectivity index (χ2n) is 9.67. The van der Waals surface area contributed by atoms with Crippen LogP contribution in [-0.2, 0) is 16.2 Å². The van der Waals surface area contributed by atoms with Crippen LogP contribution < -0.4 is 15.4 Å². The summed E-state index contributed by atoms with van der Waals surface area (Å²) in [6.45, 7) is 2.29. The number of hydrogen-bond donors (Lipinski definition) is 2. The van der Waals surface area contributed by atoms with Gasteiger partial charge in [0.2, 0.25) is 5.91 Å². The predicted octanol–water partition coefficient (Wildman–Crippen LogP) is 7.03. The molecule has 0 radical (unpaired) electrons. The summed E-state index contributed by atoms with van der Waals surface area (Å²) in [5.74, 6) is 0.135. The van der Waals surface area contributed by atoms with Crippen LogP contribution >= 0.6 is 23.4 Å². The summed E-state index contributed by atoms with van der Waals surface area (Å²) in [5.41, 5.74) is 5.26. The first kappa shape index (κ1) is 27.6. The third kappa shape index (κ3) is 6.09. The van der Waals surface area contributed by atoms with E-state index < -0.39 is 5.92 Å². The van der Waals surface area contributed by atoms with Gasteiger partial charge in [-0.05, 0) is 60.7 Å². The molecule has 0 fully saturated rings. The molecule has 202 valence electrons. The number of halogens is 1. The lowest BCUT2D eigenvalue weighted by Gasteiger charge is -2.33. The zero-order chi connectivity index (χ0) is 28.1. The van der Waals surface area contributed by atoms with Crippen molar-refractivity contribution in [1.82, 2.24) is 5.32 Å². The van der Waals surface area contributed by atoms with Crippen molar-refractivity contribution in [2.75, 3.05) is 11.1 Å². The van der Waals surface area contributed by atoms with Crippen LogP contribution in [0.15, 0.2) is 94.7 Å². The summed E-state index contributed by atoms with van der Waals surface area (Å²) >= 11 is 7.45. The number of carbonyl (C=O) groups is 2. The van der Waals surface area contributed by atoms with Crippen LogP contribution in [0, 0.1) is 18.3 Å². The third-order valence-corrected chi connectivity index (χ3v) is 8.44. The lowest BCUT2D eigenvalue weighted by Crippen LogP contribution is -2.31. The topological polar surface area (TPSA) is 91.2 Å². The van der Waals surface area contributed by atoms with Crippen LogP contribution in [0.25, 0.3) is 0 Å². The fraction of sp³-hybridized carbons (Fsp3) is 0.219. The van der Waals surface area contributed by atoms with Gasteiger partial charge in [-0.3, -0.25) is 9.59 Å². The van der Waals surface area contributed by atoms with Crippen LogP contribution in [0.3, 0.4) is 0 Å². The Balaban J connectivity index is 1.37. The van der Waals surface area contributed by atoms with Crippen molar-refractivity contribution in [3.8, 4) is 11.8 Å². The maximum Gasteiger partial charge on any atom is 0.234 e. The molecule has 8 heteroatoms. The SMILES string of the molecule is Cc1c(Cl)cccc1NC(=O)CSC1=C(C#N)[C@H](c2ccc(OCc3ccccc3)cc2)C2=C(CCCC2=O)N1. The Morgan fingerprint density at radius 3 is 2.62 bits per heavy atom. The van der Waals surface area contributed by atoms with Gasteiger partial charge in [0.25, 0.3) is 0 Å². The van der Waals surface area contributed by atoms with Crippen molar-refractivity contribution in [2.45, 2.75) is 38.7 Å². The van der Waals surface area contributed by atoms with Gasteiger partial charge in [0.15, 0.2) is 5.78 Å². The number of ether oxygens (including phenoxy) is 1. The Morgan fingerprint density at radius 1 is 1.10 bits per heavy atom. The van der Waals surface area contributed by atoms with Gasteiger partial charge in [-0.25, -0.2) is 0 Å². The molecule has 2 aliphatic rings. The molecule has 0 unspecified atom stereocenters. The molecule has 6 nitrogen and oxygen atoms in total. The largest absolute Gasteiger partial charge is 0.489 e. The van der Waals surface area contributed by atoms with E-state index in [0.717, 1.165) is 28.8 Å². The van der Waals surface area contributed by atoms with E-state index in [2.05, 4.69) is 16.7 Å². The Morgan fingerprint density at radius 2 is 1.88 bits per heavy atom. The average Bonchev–Trinajstić information content (AvgIpc) is 2.97. The monoisotopic (exact) mass is 569 g/mol. The molecular weight excluding hydrogens is 542 g/mol. The zero-order valence-electron chi connectivity index (χ0n) is 22.0. The molecule has 1 heterocycles. The predicted molar refractivity (Wildman–Crippen MR) is 159 cm³/mol. The van der Waals surface area contributed by atoms with Crippen LogP contribution in [0.5, 0.6) is 5.75 Å². The molecule has 1 aliphatic carbocycles. The number of rotatable bonds is 8. The van der Waals surface area contributed by atoms with Crippen molar-refractivity contribution < 1.29 is 14.3 Å².